The number of sulfonamides is 1. The zero-order chi connectivity index (χ0) is 19.8. The van der Waals surface area contributed by atoms with Gasteiger partial charge in [-0.1, -0.05) is 11.6 Å². The second-order valence-electron chi connectivity index (χ2n) is 6.19. The fourth-order valence-corrected chi connectivity index (χ4v) is 3.99. The molecule has 2 rings (SSSR count). The van der Waals surface area contributed by atoms with Crippen LogP contribution in [0.2, 0.25) is 5.02 Å². The number of carbonyl (C=O) groups is 1. The molecule has 0 bridgehead atoms. The molecule has 1 aliphatic rings. The number of hydrogen-bond donors (Lipinski definition) is 1. The number of amides is 1. The summed E-state index contributed by atoms with van der Waals surface area (Å²) in [5.41, 5.74) is -3.13. The van der Waals surface area contributed by atoms with Crippen LogP contribution in [0.15, 0.2) is 29.2 Å². The number of alkyl halides is 3. The van der Waals surface area contributed by atoms with Gasteiger partial charge in [0.05, 0.1) is 11.3 Å². The minimum Gasteiger partial charge on any atom is -0.380 e. The van der Waals surface area contributed by atoms with Gasteiger partial charge in [0.15, 0.2) is 5.60 Å². The SMILES string of the molecule is C[C@](O)(CC(=O)N1CCN(S(=O)(=O)c2ccc(Cl)cc2)CC1)C(F)(F)F. The predicted octanol–water partition coefficient (Wildman–Crippen LogP) is 1.88. The molecule has 0 aromatic heterocycles. The van der Waals surface area contributed by atoms with Crippen molar-refractivity contribution in [1.29, 1.82) is 0 Å². The van der Waals surface area contributed by atoms with E-state index < -0.39 is 34.1 Å². The average molecular weight is 415 g/mol. The van der Waals surface area contributed by atoms with Gasteiger partial charge in [-0.25, -0.2) is 8.42 Å². The molecule has 0 radical (unpaired) electrons. The Morgan fingerprint density at radius 2 is 1.65 bits per heavy atom. The maximum Gasteiger partial charge on any atom is 0.417 e. The summed E-state index contributed by atoms with van der Waals surface area (Å²) in [5, 5.41) is 9.80. The van der Waals surface area contributed by atoms with Crippen molar-refractivity contribution in [2.24, 2.45) is 0 Å². The molecule has 1 atom stereocenters. The third kappa shape index (κ3) is 4.48. The van der Waals surface area contributed by atoms with Crippen LogP contribution in [0.4, 0.5) is 13.2 Å². The molecule has 1 amide bonds. The number of benzene rings is 1. The minimum absolute atomic E-state index is 0.0432. The molecule has 1 N–H and O–H groups in total. The van der Waals surface area contributed by atoms with Gasteiger partial charge < -0.3 is 10.0 Å². The van der Waals surface area contributed by atoms with Crippen LogP contribution in [0.5, 0.6) is 0 Å². The lowest BCUT2D eigenvalue weighted by Gasteiger charge is -2.35. The fraction of sp³-hybridized carbons (Fsp3) is 0.533. The highest BCUT2D eigenvalue weighted by Crippen LogP contribution is 2.33. The molecular weight excluding hydrogens is 397 g/mol. The standard InChI is InChI=1S/C15H18ClF3N2O4S/c1-14(23,15(17,18)19)10-13(22)20-6-8-21(9-7-20)26(24,25)12-4-2-11(16)3-5-12/h2-5,23H,6-10H2,1H3/t14-/m0/s1. The molecule has 1 fully saturated rings. The van der Waals surface area contributed by atoms with Crippen molar-refractivity contribution in [1.82, 2.24) is 9.21 Å². The summed E-state index contributed by atoms with van der Waals surface area (Å²) in [5.74, 6) is -0.879. The van der Waals surface area contributed by atoms with Crippen LogP contribution in [0.1, 0.15) is 13.3 Å². The Balaban J connectivity index is 2.00. The van der Waals surface area contributed by atoms with Crippen molar-refractivity contribution >= 4 is 27.5 Å². The number of aliphatic hydroxyl groups is 1. The number of halogens is 4. The maximum absolute atomic E-state index is 12.7. The first-order valence-corrected chi connectivity index (χ1v) is 9.49. The average Bonchev–Trinajstić information content (AvgIpc) is 2.54. The number of nitrogens with zero attached hydrogens (tertiary/aromatic N) is 2. The third-order valence-corrected chi connectivity index (χ3v) is 6.31. The molecule has 0 aliphatic carbocycles. The summed E-state index contributed by atoms with van der Waals surface area (Å²) >= 11 is 5.73. The Morgan fingerprint density at radius 1 is 1.15 bits per heavy atom. The van der Waals surface area contributed by atoms with Gasteiger partial charge in [-0.15, -0.1) is 0 Å². The van der Waals surface area contributed by atoms with E-state index in [1.807, 2.05) is 0 Å². The van der Waals surface area contributed by atoms with Crippen molar-refractivity contribution in [2.75, 3.05) is 26.2 Å². The smallest absolute Gasteiger partial charge is 0.380 e. The van der Waals surface area contributed by atoms with Gasteiger partial charge in [-0.2, -0.15) is 17.5 Å². The summed E-state index contributed by atoms with van der Waals surface area (Å²) in [6, 6.07) is 5.59. The van der Waals surface area contributed by atoms with Crippen LogP contribution in [0, 0.1) is 0 Å². The zero-order valence-electron chi connectivity index (χ0n) is 13.8. The summed E-state index contributed by atoms with van der Waals surface area (Å²) in [6.07, 6.45) is -6.04. The van der Waals surface area contributed by atoms with Crippen LogP contribution in [-0.2, 0) is 14.8 Å². The molecule has 0 unspecified atom stereocenters. The van der Waals surface area contributed by atoms with Gasteiger partial charge in [0.25, 0.3) is 0 Å². The Labute approximate surface area is 154 Å². The molecule has 0 saturated carbocycles. The van der Waals surface area contributed by atoms with E-state index in [4.69, 9.17) is 11.6 Å². The van der Waals surface area contributed by atoms with E-state index in [1.165, 1.54) is 24.3 Å². The van der Waals surface area contributed by atoms with Gasteiger partial charge in [-0.3, -0.25) is 4.79 Å². The lowest BCUT2D eigenvalue weighted by molar-refractivity contribution is -0.254. The highest BCUT2D eigenvalue weighted by molar-refractivity contribution is 7.89. The number of carbonyl (C=O) groups excluding carboxylic acids is 1. The Hall–Kier alpha value is -1.36. The molecule has 1 aliphatic heterocycles. The highest BCUT2D eigenvalue weighted by Gasteiger charge is 2.51. The number of hydrogen-bond acceptors (Lipinski definition) is 4. The van der Waals surface area contributed by atoms with Crippen molar-refractivity contribution in [3.8, 4) is 0 Å². The number of rotatable bonds is 4. The molecule has 1 saturated heterocycles. The maximum atomic E-state index is 12.7. The normalized spacial score (nSPS) is 19.2. The minimum atomic E-state index is -4.93. The van der Waals surface area contributed by atoms with Gasteiger partial charge in [0.2, 0.25) is 15.9 Å². The largest absolute Gasteiger partial charge is 0.417 e. The first-order valence-electron chi connectivity index (χ1n) is 7.67. The van der Waals surface area contributed by atoms with Gasteiger partial charge in [-0.05, 0) is 31.2 Å². The first-order chi connectivity index (χ1) is 11.8. The van der Waals surface area contributed by atoms with Crippen LogP contribution in [0.3, 0.4) is 0 Å². The molecule has 11 heteroatoms. The summed E-state index contributed by atoms with van der Waals surface area (Å²) < 4.78 is 64.2. The van der Waals surface area contributed by atoms with E-state index in [9.17, 15) is 31.5 Å². The molecule has 1 aromatic rings. The lowest BCUT2D eigenvalue weighted by Crippen LogP contribution is -2.53. The van der Waals surface area contributed by atoms with E-state index in [1.54, 1.807) is 0 Å². The van der Waals surface area contributed by atoms with E-state index in [-0.39, 0.29) is 31.1 Å². The fourth-order valence-electron chi connectivity index (χ4n) is 2.44. The summed E-state index contributed by atoms with van der Waals surface area (Å²) in [6.45, 7) is 0.320. The zero-order valence-corrected chi connectivity index (χ0v) is 15.4. The van der Waals surface area contributed by atoms with Crippen LogP contribution in [-0.4, -0.2) is 66.6 Å². The monoisotopic (exact) mass is 414 g/mol. The predicted molar refractivity (Wildman–Crippen MR) is 88.1 cm³/mol. The molecule has 146 valence electrons. The van der Waals surface area contributed by atoms with Crippen molar-refractivity contribution in [3.63, 3.8) is 0 Å². The van der Waals surface area contributed by atoms with Crippen LogP contribution in [0.25, 0.3) is 0 Å². The second-order valence-corrected chi connectivity index (χ2v) is 8.56. The van der Waals surface area contributed by atoms with Gasteiger partial charge in [0, 0.05) is 31.2 Å². The van der Waals surface area contributed by atoms with Crippen LogP contribution < -0.4 is 0 Å². The van der Waals surface area contributed by atoms with E-state index in [0.29, 0.717) is 11.9 Å². The van der Waals surface area contributed by atoms with Crippen molar-refractivity contribution < 1.29 is 31.5 Å². The molecular formula is C15H18ClF3N2O4S. The lowest BCUT2D eigenvalue weighted by atomic mass is 10.0. The Morgan fingerprint density at radius 3 is 2.12 bits per heavy atom. The number of piperazine rings is 1. The van der Waals surface area contributed by atoms with E-state index in [0.717, 1.165) is 9.21 Å². The topological polar surface area (TPSA) is 77.9 Å². The molecule has 0 spiro atoms. The third-order valence-electron chi connectivity index (χ3n) is 4.15. The van der Waals surface area contributed by atoms with Gasteiger partial charge in [0.1, 0.15) is 0 Å². The highest BCUT2D eigenvalue weighted by atomic mass is 35.5. The van der Waals surface area contributed by atoms with Gasteiger partial charge >= 0.3 is 6.18 Å². The Bertz CT molecular complexity index is 758. The molecule has 26 heavy (non-hydrogen) atoms. The summed E-state index contributed by atoms with van der Waals surface area (Å²) in [4.78, 5) is 13.2. The summed E-state index contributed by atoms with van der Waals surface area (Å²) in [7, 11) is -3.78. The van der Waals surface area contributed by atoms with E-state index in [2.05, 4.69) is 0 Å². The molecule has 1 aromatic carbocycles. The molecule has 6 nitrogen and oxygen atoms in total. The van der Waals surface area contributed by atoms with Crippen LogP contribution >= 0.6 is 11.6 Å². The molecule has 1 heterocycles. The first kappa shape index (κ1) is 20.9. The van der Waals surface area contributed by atoms with E-state index >= 15 is 0 Å². The quantitative estimate of drug-likeness (QED) is 0.816. The Kier molecular flexibility index (Phi) is 5.91. The van der Waals surface area contributed by atoms with Crippen molar-refractivity contribution in [2.45, 2.75) is 30.0 Å². The second kappa shape index (κ2) is 7.34. The van der Waals surface area contributed by atoms with Crippen molar-refractivity contribution in [3.05, 3.63) is 29.3 Å².